The lowest BCUT2D eigenvalue weighted by molar-refractivity contribution is 0.509. The minimum atomic E-state index is 1.07. The highest BCUT2D eigenvalue weighted by Gasteiger charge is 2.01. The fourth-order valence-electron chi connectivity index (χ4n) is 0.831. The average Bonchev–Trinajstić information content (AvgIpc) is 1.94. The first-order valence-electron chi connectivity index (χ1n) is 3.04. The van der Waals surface area contributed by atoms with Gasteiger partial charge in [-0.3, -0.25) is 4.31 Å². The van der Waals surface area contributed by atoms with E-state index in [-0.39, 0.29) is 0 Å². The van der Waals surface area contributed by atoms with E-state index in [1.807, 2.05) is 0 Å². The third-order valence-electron chi connectivity index (χ3n) is 1.32. The molecule has 1 heterocycles. The molecule has 0 unspecified atom stereocenters. The van der Waals surface area contributed by atoms with Crippen LogP contribution in [0.4, 0.5) is 0 Å². The number of rotatable bonds is 0. The van der Waals surface area contributed by atoms with Gasteiger partial charge < -0.3 is 5.32 Å². The molecule has 0 aliphatic carbocycles. The molecule has 8 heavy (non-hydrogen) atoms. The topological polar surface area (TPSA) is 15.3 Å². The third-order valence-corrected chi connectivity index (χ3v) is 1.72. The summed E-state index contributed by atoms with van der Waals surface area (Å²) in [6.45, 7) is 4.43. The summed E-state index contributed by atoms with van der Waals surface area (Å²) in [7, 11) is 0. The van der Waals surface area contributed by atoms with Crippen molar-refractivity contribution in [2.75, 3.05) is 26.2 Å². The highest BCUT2D eigenvalue weighted by molar-refractivity contribution is 7.77. The van der Waals surface area contributed by atoms with E-state index in [4.69, 9.17) is 0 Å². The Balaban J connectivity index is 2.17. The molecule has 0 aromatic rings. The molecule has 1 rings (SSSR count). The molecule has 1 saturated heterocycles. The largest absolute Gasteiger partial charge is 0.315 e. The molecule has 1 fully saturated rings. The van der Waals surface area contributed by atoms with Gasteiger partial charge in [0.1, 0.15) is 0 Å². The molecule has 0 spiro atoms. The summed E-state index contributed by atoms with van der Waals surface area (Å²) in [5.74, 6) is 0. The Morgan fingerprint density at radius 2 is 2.12 bits per heavy atom. The first-order chi connectivity index (χ1) is 3.89. The second-order valence-electron chi connectivity index (χ2n) is 2.06. The van der Waals surface area contributed by atoms with Crippen LogP contribution in [0.25, 0.3) is 0 Å². The van der Waals surface area contributed by atoms with Crippen molar-refractivity contribution < 1.29 is 0 Å². The summed E-state index contributed by atoms with van der Waals surface area (Å²) in [5.41, 5.74) is 0. The van der Waals surface area contributed by atoms with Crippen molar-refractivity contribution in [2.45, 2.75) is 6.42 Å². The van der Waals surface area contributed by atoms with Gasteiger partial charge in [0, 0.05) is 19.6 Å². The minimum Gasteiger partial charge on any atom is -0.315 e. The van der Waals surface area contributed by atoms with Gasteiger partial charge in [0.25, 0.3) is 0 Å². The van der Waals surface area contributed by atoms with E-state index in [1.54, 1.807) is 0 Å². The number of hydrogen-bond donors (Lipinski definition) is 2. The predicted molar refractivity (Wildman–Crippen MR) is 38.0 cm³/mol. The van der Waals surface area contributed by atoms with Crippen molar-refractivity contribution in [1.82, 2.24) is 9.62 Å². The standard InChI is InChI=1S/C5H12N2S/c8-7-4-1-2-6-3-5-7/h6,8H,1-5H2. The van der Waals surface area contributed by atoms with Gasteiger partial charge in [-0.05, 0) is 13.0 Å². The number of hydrogen-bond acceptors (Lipinski definition) is 3. The maximum atomic E-state index is 4.22. The van der Waals surface area contributed by atoms with Crippen LogP contribution in [-0.2, 0) is 0 Å². The van der Waals surface area contributed by atoms with Gasteiger partial charge in [-0.25, -0.2) is 0 Å². The van der Waals surface area contributed by atoms with Crippen LogP contribution in [-0.4, -0.2) is 30.5 Å². The van der Waals surface area contributed by atoms with Gasteiger partial charge >= 0.3 is 0 Å². The lowest BCUT2D eigenvalue weighted by atomic mass is 10.4. The van der Waals surface area contributed by atoms with E-state index in [0.29, 0.717) is 0 Å². The van der Waals surface area contributed by atoms with E-state index in [2.05, 4.69) is 22.4 Å². The van der Waals surface area contributed by atoms with Crippen molar-refractivity contribution in [1.29, 1.82) is 0 Å². The molecule has 1 N–H and O–H groups in total. The van der Waals surface area contributed by atoms with Crippen LogP contribution in [0, 0.1) is 0 Å². The SMILES string of the molecule is SN1CCCNCC1. The summed E-state index contributed by atoms with van der Waals surface area (Å²) in [6.07, 6.45) is 1.23. The molecule has 0 aromatic carbocycles. The zero-order valence-corrected chi connectivity index (χ0v) is 5.82. The Morgan fingerprint density at radius 3 is 3.00 bits per heavy atom. The van der Waals surface area contributed by atoms with Gasteiger partial charge in [-0.2, -0.15) is 0 Å². The molecule has 0 atom stereocenters. The molecule has 0 bridgehead atoms. The van der Waals surface area contributed by atoms with Gasteiger partial charge in [-0.1, -0.05) is 12.8 Å². The summed E-state index contributed by atoms with van der Waals surface area (Å²) in [5, 5.41) is 3.29. The Hall–Kier alpha value is 0.270. The summed E-state index contributed by atoms with van der Waals surface area (Å²) in [4.78, 5) is 0. The second-order valence-corrected chi connectivity index (χ2v) is 2.62. The highest BCUT2D eigenvalue weighted by atomic mass is 32.1. The Labute approximate surface area is 55.8 Å². The maximum Gasteiger partial charge on any atom is 0.0212 e. The average molecular weight is 132 g/mol. The van der Waals surface area contributed by atoms with E-state index in [0.717, 1.165) is 26.2 Å². The molecular weight excluding hydrogens is 120 g/mol. The van der Waals surface area contributed by atoms with Gasteiger partial charge in [-0.15, -0.1) is 0 Å². The van der Waals surface area contributed by atoms with Gasteiger partial charge in [0.15, 0.2) is 0 Å². The molecule has 0 saturated carbocycles. The van der Waals surface area contributed by atoms with Crippen LogP contribution < -0.4 is 5.32 Å². The molecule has 1 aliphatic rings. The van der Waals surface area contributed by atoms with Crippen LogP contribution in [0.2, 0.25) is 0 Å². The smallest absolute Gasteiger partial charge is 0.0212 e. The summed E-state index contributed by atoms with van der Waals surface area (Å²) < 4.78 is 2.06. The van der Waals surface area contributed by atoms with Crippen molar-refractivity contribution >= 4 is 12.8 Å². The fourth-order valence-corrected chi connectivity index (χ4v) is 1.07. The second kappa shape index (κ2) is 3.33. The lowest BCUT2D eigenvalue weighted by Crippen LogP contribution is -2.20. The van der Waals surface area contributed by atoms with Crippen LogP contribution in [0.15, 0.2) is 0 Å². The van der Waals surface area contributed by atoms with E-state index < -0.39 is 0 Å². The minimum absolute atomic E-state index is 1.07. The molecule has 2 nitrogen and oxygen atoms in total. The molecule has 1 aliphatic heterocycles. The highest BCUT2D eigenvalue weighted by Crippen LogP contribution is 1.95. The van der Waals surface area contributed by atoms with E-state index >= 15 is 0 Å². The molecule has 0 aromatic heterocycles. The summed E-state index contributed by atoms with van der Waals surface area (Å²) in [6, 6.07) is 0. The summed E-state index contributed by atoms with van der Waals surface area (Å²) >= 11 is 4.22. The molecule has 3 heteroatoms. The normalized spacial score (nSPS) is 25.1. The molecule has 0 amide bonds. The zero-order chi connectivity index (χ0) is 5.82. The Morgan fingerprint density at radius 1 is 1.25 bits per heavy atom. The van der Waals surface area contributed by atoms with E-state index in [9.17, 15) is 0 Å². The fraction of sp³-hybridized carbons (Fsp3) is 1.00. The van der Waals surface area contributed by atoms with Crippen molar-refractivity contribution in [2.24, 2.45) is 0 Å². The predicted octanol–water partition coefficient (Wildman–Crippen LogP) is 0.126. The van der Waals surface area contributed by atoms with Crippen LogP contribution in [0.5, 0.6) is 0 Å². The van der Waals surface area contributed by atoms with Crippen LogP contribution >= 0.6 is 12.8 Å². The molecule has 0 radical (unpaired) electrons. The molecule has 48 valence electrons. The number of thiol groups is 1. The van der Waals surface area contributed by atoms with Crippen molar-refractivity contribution in [3.8, 4) is 0 Å². The lowest BCUT2D eigenvalue weighted by Gasteiger charge is -2.08. The maximum absolute atomic E-state index is 4.22. The van der Waals surface area contributed by atoms with Crippen molar-refractivity contribution in [3.63, 3.8) is 0 Å². The van der Waals surface area contributed by atoms with Crippen LogP contribution in [0.1, 0.15) is 6.42 Å². The monoisotopic (exact) mass is 132 g/mol. The number of nitrogens with one attached hydrogen (secondary N) is 1. The first-order valence-corrected chi connectivity index (χ1v) is 3.44. The Bertz CT molecular complexity index is 59.4. The van der Waals surface area contributed by atoms with Gasteiger partial charge in [0.05, 0.1) is 0 Å². The molecular formula is C5H12N2S. The quantitative estimate of drug-likeness (QED) is 0.455. The zero-order valence-electron chi connectivity index (χ0n) is 4.93. The van der Waals surface area contributed by atoms with Crippen LogP contribution in [0.3, 0.4) is 0 Å². The van der Waals surface area contributed by atoms with Gasteiger partial charge in [0.2, 0.25) is 0 Å². The third kappa shape index (κ3) is 2.03. The number of nitrogens with zero attached hydrogens (tertiary/aromatic N) is 1. The van der Waals surface area contributed by atoms with Crippen molar-refractivity contribution in [3.05, 3.63) is 0 Å². The van der Waals surface area contributed by atoms with E-state index in [1.165, 1.54) is 6.42 Å². The Kier molecular flexibility index (Phi) is 2.66. The first kappa shape index (κ1) is 6.39.